The van der Waals surface area contributed by atoms with Gasteiger partial charge in [-0.1, -0.05) is 0 Å². The SMILES string of the molecule is O=C(CCn1cnc2cc(F)c(F)cc21)NCC1NCCc2sccc21.O=C(O)C(F)(F)F. The van der Waals surface area contributed by atoms with E-state index >= 15 is 0 Å². The third kappa shape index (κ3) is 6.26. The molecule has 3 heterocycles. The number of fused-ring (bicyclic) bond motifs is 2. The van der Waals surface area contributed by atoms with Gasteiger partial charge in [0, 0.05) is 43.1 Å². The van der Waals surface area contributed by atoms with Crippen LogP contribution in [0.5, 0.6) is 0 Å². The molecule has 7 nitrogen and oxygen atoms in total. The van der Waals surface area contributed by atoms with E-state index in [1.165, 1.54) is 16.8 Å². The molecule has 0 saturated carbocycles. The van der Waals surface area contributed by atoms with Gasteiger partial charge in [-0.2, -0.15) is 13.2 Å². The number of carboxylic acids is 1. The van der Waals surface area contributed by atoms with Gasteiger partial charge in [-0.3, -0.25) is 4.79 Å². The van der Waals surface area contributed by atoms with Gasteiger partial charge in [0.2, 0.25) is 5.91 Å². The number of aromatic nitrogens is 2. The molecule has 33 heavy (non-hydrogen) atoms. The summed E-state index contributed by atoms with van der Waals surface area (Å²) in [5, 5.41) is 15.6. The summed E-state index contributed by atoms with van der Waals surface area (Å²) in [4.78, 5) is 26.5. The average molecular weight is 490 g/mol. The number of aryl methyl sites for hydroxylation is 1. The van der Waals surface area contributed by atoms with E-state index in [0.717, 1.165) is 25.1 Å². The first-order valence-corrected chi connectivity index (χ1v) is 10.6. The lowest BCUT2D eigenvalue weighted by Gasteiger charge is -2.24. The highest BCUT2D eigenvalue weighted by Crippen LogP contribution is 2.27. The molecule has 0 radical (unpaired) electrons. The van der Waals surface area contributed by atoms with E-state index in [-0.39, 0.29) is 18.4 Å². The van der Waals surface area contributed by atoms with E-state index in [4.69, 9.17) is 9.90 Å². The molecule has 0 aliphatic carbocycles. The van der Waals surface area contributed by atoms with Crippen LogP contribution in [0.2, 0.25) is 0 Å². The Morgan fingerprint density at radius 3 is 2.67 bits per heavy atom. The second-order valence-corrected chi connectivity index (χ2v) is 8.11. The first-order valence-electron chi connectivity index (χ1n) is 9.72. The number of carbonyl (C=O) groups excluding carboxylic acids is 1. The fourth-order valence-electron chi connectivity index (χ4n) is 3.27. The van der Waals surface area contributed by atoms with Gasteiger partial charge < -0.3 is 20.3 Å². The summed E-state index contributed by atoms with van der Waals surface area (Å²) in [6.07, 6.45) is -2.31. The maximum absolute atomic E-state index is 13.4. The minimum atomic E-state index is -5.08. The highest BCUT2D eigenvalue weighted by molar-refractivity contribution is 7.10. The molecule has 0 fully saturated rings. The maximum Gasteiger partial charge on any atom is 0.490 e. The topological polar surface area (TPSA) is 96.3 Å². The number of amides is 1. The van der Waals surface area contributed by atoms with Gasteiger partial charge in [-0.05, 0) is 23.4 Å². The summed E-state index contributed by atoms with van der Waals surface area (Å²) in [5.41, 5.74) is 2.12. The number of carbonyl (C=O) groups is 2. The summed E-state index contributed by atoms with van der Waals surface area (Å²) in [7, 11) is 0. The van der Waals surface area contributed by atoms with Crippen LogP contribution in [0.3, 0.4) is 0 Å². The predicted octanol–water partition coefficient (Wildman–Crippen LogP) is 3.40. The lowest BCUT2D eigenvalue weighted by atomic mass is 10.0. The van der Waals surface area contributed by atoms with Crippen molar-refractivity contribution < 1.29 is 36.6 Å². The standard InChI is InChI=1S/C18H18F2N4OS.C2HF3O2/c19-12-7-14-16(8-13(12)20)24(10-23-14)5-2-18(25)22-9-15-11-3-6-26-17(11)1-4-21-15;3-2(4,5)1(6)7/h3,6-8,10,15,21H,1-2,4-5,9H2,(H,22,25);(H,6,7). The highest BCUT2D eigenvalue weighted by atomic mass is 32.1. The second-order valence-electron chi connectivity index (χ2n) is 7.11. The number of rotatable bonds is 5. The second kappa shape index (κ2) is 10.3. The zero-order valence-corrected chi connectivity index (χ0v) is 17.8. The molecule has 0 bridgehead atoms. The van der Waals surface area contributed by atoms with Crippen molar-refractivity contribution in [3.8, 4) is 0 Å². The molecule has 0 spiro atoms. The number of hydrogen-bond donors (Lipinski definition) is 3. The van der Waals surface area contributed by atoms with Crippen molar-refractivity contribution in [2.24, 2.45) is 0 Å². The van der Waals surface area contributed by atoms with E-state index in [9.17, 15) is 26.7 Å². The first kappa shape index (κ1) is 24.6. The summed E-state index contributed by atoms with van der Waals surface area (Å²) in [6, 6.07) is 4.42. The summed E-state index contributed by atoms with van der Waals surface area (Å²) >= 11 is 1.75. The zero-order valence-electron chi connectivity index (χ0n) is 17.0. The fraction of sp³-hybridized carbons (Fsp3) is 0.350. The molecular weight excluding hydrogens is 471 g/mol. The molecule has 1 atom stereocenters. The molecule has 13 heteroatoms. The predicted molar refractivity (Wildman–Crippen MR) is 110 cm³/mol. The molecule has 1 aliphatic rings. The van der Waals surface area contributed by atoms with Crippen molar-refractivity contribution in [2.75, 3.05) is 13.1 Å². The van der Waals surface area contributed by atoms with Crippen LogP contribution in [-0.2, 0) is 22.6 Å². The van der Waals surface area contributed by atoms with E-state index in [0.29, 0.717) is 24.1 Å². The Morgan fingerprint density at radius 2 is 1.97 bits per heavy atom. The minimum Gasteiger partial charge on any atom is -0.475 e. The number of benzene rings is 1. The van der Waals surface area contributed by atoms with Crippen LogP contribution >= 0.6 is 11.3 Å². The van der Waals surface area contributed by atoms with Gasteiger partial charge in [-0.25, -0.2) is 18.6 Å². The monoisotopic (exact) mass is 490 g/mol. The van der Waals surface area contributed by atoms with Crippen LogP contribution in [0.4, 0.5) is 22.0 Å². The molecule has 4 rings (SSSR count). The normalized spacial score (nSPS) is 15.5. The van der Waals surface area contributed by atoms with Gasteiger partial charge in [0.15, 0.2) is 11.6 Å². The van der Waals surface area contributed by atoms with Crippen LogP contribution in [0.25, 0.3) is 11.0 Å². The van der Waals surface area contributed by atoms with Crippen LogP contribution in [0.1, 0.15) is 22.9 Å². The van der Waals surface area contributed by atoms with E-state index in [1.807, 2.05) is 0 Å². The molecule has 1 unspecified atom stereocenters. The van der Waals surface area contributed by atoms with Crippen molar-refractivity contribution >= 4 is 34.2 Å². The minimum absolute atomic E-state index is 0.0846. The van der Waals surface area contributed by atoms with Crippen molar-refractivity contribution in [1.82, 2.24) is 20.2 Å². The van der Waals surface area contributed by atoms with E-state index in [1.54, 1.807) is 15.9 Å². The summed E-state index contributed by atoms with van der Waals surface area (Å²) < 4.78 is 60.1. The Morgan fingerprint density at radius 1 is 1.27 bits per heavy atom. The molecule has 1 amide bonds. The lowest BCUT2D eigenvalue weighted by Crippen LogP contribution is -2.38. The quantitative estimate of drug-likeness (QED) is 0.477. The third-order valence-electron chi connectivity index (χ3n) is 4.89. The molecule has 3 N–H and O–H groups in total. The van der Waals surface area contributed by atoms with Crippen molar-refractivity contribution in [3.63, 3.8) is 0 Å². The molecule has 1 aliphatic heterocycles. The number of imidazole rings is 1. The zero-order chi connectivity index (χ0) is 24.2. The number of thiophene rings is 1. The number of alkyl halides is 3. The van der Waals surface area contributed by atoms with Crippen LogP contribution in [0.15, 0.2) is 29.9 Å². The van der Waals surface area contributed by atoms with Crippen LogP contribution in [-0.4, -0.2) is 45.8 Å². The Balaban J connectivity index is 0.000000383. The van der Waals surface area contributed by atoms with Gasteiger partial charge in [0.1, 0.15) is 0 Å². The van der Waals surface area contributed by atoms with Crippen LogP contribution in [0, 0.1) is 11.6 Å². The number of hydrogen-bond acceptors (Lipinski definition) is 5. The largest absolute Gasteiger partial charge is 0.490 e. The third-order valence-corrected chi connectivity index (χ3v) is 5.88. The van der Waals surface area contributed by atoms with Gasteiger partial charge in [-0.15, -0.1) is 11.3 Å². The smallest absolute Gasteiger partial charge is 0.475 e. The molecular formula is C20H19F5N4O3S. The number of nitrogens with zero attached hydrogens (tertiary/aromatic N) is 2. The Hall–Kier alpha value is -3.06. The number of nitrogens with one attached hydrogen (secondary N) is 2. The lowest BCUT2D eigenvalue weighted by molar-refractivity contribution is -0.192. The summed E-state index contributed by atoms with van der Waals surface area (Å²) in [5.74, 6) is -4.68. The average Bonchev–Trinajstić information content (AvgIpc) is 3.38. The summed E-state index contributed by atoms with van der Waals surface area (Å²) in [6.45, 7) is 1.81. The Labute approximate surface area is 188 Å². The molecule has 178 valence electrons. The van der Waals surface area contributed by atoms with Crippen LogP contribution < -0.4 is 10.6 Å². The highest BCUT2D eigenvalue weighted by Gasteiger charge is 2.38. The van der Waals surface area contributed by atoms with Gasteiger partial charge in [0.05, 0.1) is 23.4 Å². The Kier molecular flexibility index (Phi) is 7.64. The molecule has 1 aromatic carbocycles. The fourth-order valence-corrected chi connectivity index (χ4v) is 4.22. The molecule has 0 saturated heterocycles. The maximum atomic E-state index is 13.4. The van der Waals surface area contributed by atoms with E-state index in [2.05, 4.69) is 27.1 Å². The van der Waals surface area contributed by atoms with Crippen molar-refractivity contribution in [1.29, 1.82) is 0 Å². The molecule has 3 aromatic rings. The van der Waals surface area contributed by atoms with Gasteiger partial charge in [0.25, 0.3) is 0 Å². The number of carboxylic acid groups (broad SMARTS) is 1. The Bertz CT molecular complexity index is 1140. The number of aliphatic carboxylic acids is 1. The van der Waals surface area contributed by atoms with Gasteiger partial charge >= 0.3 is 12.1 Å². The van der Waals surface area contributed by atoms with Crippen molar-refractivity contribution in [2.45, 2.75) is 31.6 Å². The first-order chi connectivity index (χ1) is 15.6. The number of halogens is 5. The van der Waals surface area contributed by atoms with E-state index < -0.39 is 23.8 Å². The van der Waals surface area contributed by atoms with Crippen molar-refractivity contribution in [3.05, 3.63) is 52.0 Å². The molecule has 2 aromatic heterocycles.